The van der Waals surface area contributed by atoms with Crippen LogP contribution in [0, 0.1) is 5.92 Å². The molecule has 0 aromatic heterocycles. The molecule has 19 unspecified atom stereocenters. The minimum Gasteiger partial charge on any atom is -0.463 e. The Balaban J connectivity index is 1.72. The highest BCUT2D eigenvalue weighted by molar-refractivity contribution is 7.47. The van der Waals surface area contributed by atoms with Crippen molar-refractivity contribution in [1.29, 1.82) is 0 Å². The number of hydrogen-bond acceptors (Lipinski definition) is 23. The lowest BCUT2D eigenvalue weighted by Crippen LogP contribution is -2.69. The van der Waals surface area contributed by atoms with Crippen molar-refractivity contribution in [2.24, 2.45) is 5.92 Å². The van der Waals surface area contributed by atoms with Gasteiger partial charge in [-0.25, -0.2) is 4.57 Å². The van der Waals surface area contributed by atoms with Crippen LogP contribution in [-0.4, -0.2) is 204 Å². The average molecular weight is 1460 g/mol. The van der Waals surface area contributed by atoms with Crippen molar-refractivity contribution in [3.05, 3.63) is 0 Å². The Kier molecular flexibility index (Phi) is 51.9. The van der Waals surface area contributed by atoms with Crippen molar-refractivity contribution >= 4 is 25.7 Å². The molecule has 0 bridgehead atoms. The van der Waals surface area contributed by atoms with Crippen molar-refractivity contribution in [3.8, 4) is 0 Å². The minimum atomic E-state index is -5.69. The Labute approximate surface area is 600 Å². The van der Waals surface area contributed by atoms with Gasteiger partial charge in [0.15, 0.2) is 18.7 Å². The predicted molar refractivity (Wildman–Crippen MR) is 379 cm³/mol. The van der Waals surface area contributed by atoms with Gasteiger partial charge in [-0.3, -0.25) is 23.4 Å². The highest BCUT2D eigenvalue weighted by atomic mass is 31.2. The minimum absolute atomic E-state index is 0.0310. The van der Waals surface area contributed by atoms with E-state index in [9.17, 15) is 74.9 Å². The summed E-state index contributed by atoms with van der Waals surface area (Å²) >= 11 is 0. The molecule has 1 aliphatic carbocycles. The van der Waals surface area contributed by atoms with Gasteiger partial charge in [-0.05, 0) is 25.2 Å². The van der Waals surface area contributed by atoms with Crippen molar-refractivity contribution in [2.75, 3.05) is 26.4 Å². The summed E-state index contributed by atoms with van der Waals surface area (Å²) < 4.78 is 65.2. The largest absolute Gasteiger partial charge is 0.472 e. The Morgan fingerprint density at radius 3 is 1.08 bits per heavy atom. The van der Waals surface area contributed by atoms with Crippen LogP contribution in [-0.2, 0) is 61.2 Å². The zero-order valence-electron chi connectivity index (χ0n) is 61.9. The van der Waals surface area contributed by atoms with Crippen molar-refractivity contribution in [1.82, 2.24) is 0 Å². The van der Waals surface area contributed by atoms with Crippen LogP contribution >= 0.6 is 7.82 Å². The maximum absolute atomic E-state index is 14.4. The van der Waals surface area contributed by atoms with Crippen LogP contribution < -0.4 is 0 Å². The molecule has 3 aliphatic rings. The van der Waals surface area contributed by atoms with Gasteiger partial charge in [0, 0.05) is 19.3 Å². The summed E-state index contributed by atoms with van der Waals surface area (Å²) in [7, 11) is -5.69. The van der Waals surface area contributed by atoms with E-state index in [-0.39, 0.29) is 19.3 Å². The maximum atomic E-state index is 14.4. The van der Waals surface area contributed by atoms with Gasteiger partial charge in [-0.15, -0.1) is 0 Å². The molecule has 3 fully saturated rings. The van der Waals surface area contributed by atoms with Crippen molar-refractivity contribution < 1.29 is 117 Å². The lowest BCUT2D eigenvalue weighted by Gasteiger charge is -2.49. The molecule has 2 saturated heterocycles. The molecule has 0 spiro atoms. The van der Waals surface area contributed by atoms with Crippen LogP contribution in [0.15, 0.2) is 0 Å². The first kappa shape index (κ1) is 92.2. The number of carbonyl (C=O) groups excluding carboxylic acids is 3. The number of aliphatic hydroxyl groups is 10. The number of ether oxygens (including phenoxy) is 7. The Morgan fingerprint density at radius 2 is 0.700 bits per heavy atom. The van der Waals surface area contributed by atoms with E-state index in [2.05, 4.69) is 27.7 Å². The number of carbonyl (C=O) groups is 3. The van der Waals surface area contributed by atoms with E-state index in [0.717, 1.165) is 89.9 Å². The Hall–Kier alpha value is -2.04. The van der Waals surface area contributed by atoms with Crippen LogP contribution in [0.25, 0.3) is 0 Å². The second kappa shape index (κ2) is 56.3. The molecule has 0 aromatic carbocycles. The third-order valence-corrected chi connectivity index (χ3v) is 21.0. The first-order valence-corrected chi connectivity index (χ1v) is 41.2. The molecule has 11 N–H and O–H groups in total. The predicted octanol–water partition coefficient (Wildman–Crippen LogP) is 11.6. The van der Waals surface area contributed by atoms with Crippen LogP contribution in [0.4, 0.5) is 0 Å². The quantitative estimate of drug-likeness (QED) is 0.0117. The summed E-state index contributed by atoms with van der Waals surface area (Å²) in [5, 5.41) is 110. The average Bonchev–Trinajstić information content (AvgIpc) is 0.763. The summed E-state index contributed by atoms with van der Waals surface area (Å²) in [5.41, 5.74) is 0. The first-order chi connectivity index (χ1) is 48.2. The second-order valence-corrected chi connectivity index (χ2v) is 30.5. The van der Waals surface area contributed by atoms with Gasteiger partial charge in [-0.2, -0.15) is 0 Å². The normalized spacial score (nSPS) is 27.6. The third kappa shape index (κ3) is 39.0. The van der Waals surface area contributed by atoms with Crippen LogP contribution in [0.5, 0.6) is 0 Å². The second-order valence-electron chi connectivity index (χ2n) is 29.1. The van der Waals surface area contributed by atoms with Gasteiger partial charge in [-0.1, -0.05) is 285 Å². The first-order valence-electron chi connectivity index (χ1n) is 39.7. The fourth-order valence-corrected chi connectivity index (χ4v) is 14.4. The Morgan fingerprint density at radius 1 is 0.380 bits per heavy atom. The molecule has 100 heavy (non-hydrogen) atoms. The highest BCUT2D eigenvalue weighted by Crippen LogP contribution is 2.49. The van der Waals surface area contributed by atoms with Crippen molar-refractivity contribution in [3.63, 3.8) is 0 Å². The van der Waals surface area contributed by atoms with E-state index >= 15 is 0 Å². The van der Waals surface area contributed by atoms with Crippen LogP contribution in [0.1, 0.15) is 323 Å². The standard InChI is InChI=1S/C75H141O24P/c1-5-8-11-14-17-19-21-23-25-27-29-31-33-40-45-50-61(79)94-56(52-91-59(77)48-43-38-32-30-28-26-24-22-20-18-15-12-9-6-2)53-93-100(89,90)99-73-71(97-74-69(87)64(82)62(80)57(51-76)95-74)67(85)66(84)68(86)72(73)98-75-70(88)65(83)63(81)58(96-75)54-92-60(78)49-44-39-35-34-37-42-47-55(4)46-41-36-16-13-10-7-3/h55-58,62-76,80-88H,5-54H2,1-4H3,(H,89,90). The topological polar surface area (TPSA) is 374 Å². The monoisotopic (exact) mass is 1460 g/mol. The third-order valence-electron chi connectivity index (χ3n) is 20.0. The molecule has 3 rings (SSSR count). The highest BCUT2D eigenvalue weighted by Gasteiger charge is 2.58. The molecule has 0 aromatic rings. The van der Waals surface area contributed by atoms with E-state index < -0.39 is 156 Å². The van der Waals surface area contributed by atoms with Gasteiger partial charge in [0.25, 0.3) is 0 Å². The molecule has 0 radical (unpaired) electrons. The smallest absolute Gasteiger partial charge is 0.463 e. The fraction of sp³-hybridized carbons (Fsp3) is 0.960. The van der Waals surface area contributed by atoms with Gasteiger partial charge >= 0.3 is 25.7 Å². The molecule has 19 atom stereocenters. The zero-order chi connectivity index (χ0) is 73.3. The molecule has 590 valence electrons. The number of aliphatic hydroxyl groups excluding tert-OH is 10. The van der Waals surface area contributed by atoms with E-state index in [1.54, 1.807) is 0 Å². The fourth-order valence-electron chi connectivity index (χ4n) is 13.5. The summed E-state index contributed by atoms with van der Waals surface area (Å²) in [4.78, 5) is 51.1. The Bertz CT molecular complexity index is 2080. The summed E-state index contributed by atoms with van der Waals surface area (Å²) in [6, 6.07) is 0. The molecule has 2 aliphatic heterocycles. The van der Waals surface area contributed by atoms with E-state index in [1.807, 2.05) is 0 Å². The molecule has 1 saturated carbocycles. The molecular weight excluding hydrogens is 1320 g/mol. The number of esters is 3. The summed E-state index contributed by atoms with van der Waals surface area (Å²) in [6.45, 7) is 5.81. The van der Waals surface area contributed by atoms with Gasteiger partial charge in [0.05, 0.1) is 13.2 Å². The number of rotatable bonds is 62. The van der Waals surface area contributed by atoms with Gasteiger partial charge in [0.1, 0.15) is 98.7 Å². The molecule has 24 nitrogen and oxygen atoms in total. The zero-order valence-corrected chi connectivity index (χ0v) is 62.8. The summed E-state index contributed by atoms with van der Waals surface area (Å²) in [5.74, 6) is -1.27. The van der Waals surface area contributed by atoms with Gasteiger partial charge < -0.3 is 89.1 Å². The molecule has 25 heteroatoms. The maximum Gasteiger partial charge on any atom is 0.472 e. The van der Waals surface area contributed by atoms with E-state index in [0.29, 0.717) is 25.2 Å². The number of unbranched alkanes of at least 4 members (excludes halogenated alkanes) is 37. The number of phosphoric acid groups is 1. The van der Waals surface area contributed by atoms with Crippen LogP contribution in [0.3, 0.4) is 0 Å². The summed E-state index contributed by atoms with van der Waals surface area (Å²) in [6.07, 6.45) is 12.9. The van der Waals surface area contributed by atoms with Crippen LogP contribution in [0.2, 0.25) is 0 Å². The SMILES string of the molecule is CCCCCCCCCCCCCCCCCC(=O)OC(COC(=O)CCCCCCCCCCCCCCCC)COP(=O)(O)OC1C(OC2OC(CO)C(O)C(O)C2O)C(O)C(O)C(O)C1OC1OC(COC(=O)CCCCCCCCC(C)CCCCCCCC)C(O)C(O)C1O. The lowest BCUT2D eigenvalue weighted by atomic mass is 9.84. The molecule has 0 amide bonds. The van der Waals surface area contributed by atoms with E-state index in [1.165, 1.54) is 167 Å². The number of hydrogen-bond donors (Lipinski definition) is 11. The molecule has 2 heterocycles. The van der Waals surface area contributed by atoms with Crippen molar-refractivity contribution in [2.45, 2.75) is 427 Å². The number of phosphoric ester groups is 1. The van der Waals surface area contributed by atoms with Gasteiger partial charge in [0.2, 0.25) is 0 Å². The lowest BCUT2D eigenvalue weighted by molar-refractivity contribution is -0.360. The molecular formula is C75H141O24P. The van der Waals surface area contributed by atoms with E-state index in [4.69, 9.17) is 42.2 Å².